The fraction of sp³-hybridized carbons (Fsp3) is 0.200. The lowest BCUT2D eigenvalue weighted by atomic mass is 10.1. The van der Waals surface area contributed by atoms with E-state index in [1.54, 1.807) is 31.2 Å². The van der Waals surface area contributed by atoms with Crippen molar-refractivity contribution in [3.63, 3.8) is 0 Å². The summed E-state index contributed by atoms with van der Waals surface area (Å²) in [7, 11) is 0. The molecule has 0 aliphatic heterocycles. The first-order chi connectivity index (χ1) is 9.06. The van der Waals surface area contributed by atoms with Crippen LogP contribution in [0.2, 0.25) is 5.02 Å². The maximum absolute atomic E-state index is 13.1. The molecular formula is C15H14ClFO2. The van der Waals surface area contributed by atoms with Crippen molar-refractivity contribution in [3.05, 3.63) is 64.4 Å². The molecular weight excluding hydrogens is 267 g/mol. The van der Waals surface area contributed by atoms with Crippen LogP contribution < -0.4 is 4.74 Å². The Balaban J connectivity index is 2.04. The second-order valence-electron chi connectivity index (χ2n) is 4.27. The van der Waals surface area contributed by atoms with E-state index in [2.05, 4.69) is 0 Å². The van der Waals surface area contributed by atoms with Crippen molar-refractivity contribution in [3.8, 4) is 5.75 Å². The van der Waals surface area contributed by atoms with Gasteiger partial charge < -0.3 is 9.84 Å². The Bertz CT molecular complexity index is 553. The molecule has 0 aromatic heterocycles. The van der Waals surface area contributed by atoms with Gasteiger partial charge in [-0.05, 0) is 42.8 Å². The highest BCUT2D eigenvalue weighted by atomic mass is 35.5. The topological polar surface area (TPSA) is 29.5 Å². The molecule has 19 heavy (non-hydrogen) atoms. The van der Waals surface area contributed by atoms with E-state index in [9.17, 15) is 9.50 Å². The zero-order valence-electron chi connectivity index (χ0n) is 10.4. The second kappa shape index (κ2) is 6.04. The van der Waals surface area contributed by atoms with Crippen LogP contribution in [-0.2, 0) is 6.61 Å². The van der Waals surface area contributed by atoms with Gasteiger partial charge in [0.1, 0.15) is 18.2 Å². The molecule has 0 saturated carbocycles. The first kappa shape index (κ1) is 13.8. The van der Waals surface area contributed by atoms with Gasteiger partial charge in [-0.2, -0.15) is 0 Å². The minimum absolute atomic E-state index is 0.199. The number of hydrogen-bond donors (Lipinski definition) is 1. The van der Waals surface area contributed by atoms with Gasteiger partial charge in [-0.1, -0.05) is 23.7 Å². The number of ether oxygens (including phenoxy) is 1. The van der Waals surface area contributed by atoms with Crippen molar-refractivity contribution >= 4 is 11.6 Å². The largest absolute Gasteiger partial charge is 0.489 e. The van der Waals surface area contributed by atoms with E-state index in [1.165, 1.54) is 18.2 Å². The van der Waals surface area contributed by atoms with Crippen LogP contribution >= 0.6 is 11.6 Å². The Morgan fingerprint density at radius 2 is 1.89 bits per heavy atom. The average molecular weight is 281 g/mol. The highest BCUT2D eigenvalue weighted by Crippen LogP contribution is 2.21. The molecule has 0 aliphatic rings. The predicted octanol–water partition coefficient (Wildman–Crippen LogP) is 4.11. The van der Waals surface area contributed by atoms with Crippen LogP contribution in [0.5, 0.6) is 5.75 Å². The van der Waals surface area contributed by atoms with Crippen LogP contribution in [0.3, 0.4) is 0 Å². The van der Waals surface area contributed by atoms with E-state index in [4.69, 9.17) is 16.3 Å². The molecule has 1 atom stereocenters. The number of rotatable bonds is 4. The van der Waals surface area contributed by atoms with E-state index >= 15 is 0 Å². The summed E-state index contributed by atoms with van der Waals surface area (Å²) in [6.45, 7) is 1.90. The fourth-order valence-electron chi connectivity index (χ4n) is 1.66. The molecule has 0 fully saturated rings. The third-order valence-electron chi connectivity index (χ3n) is 2.76. The molecule has 0 bridgehead atoms. The van der Waals surface area contributed by atoms with Crippen molar-refractivity contribution in [2.75, 3.05) is 0 Å². The minimum atomic E-state index is -0.508. The summed E-state index contributed by atoms with van der Waals surface area (Å²) in [5, 5.41) is 9.86. The fourth-order valence-corrected chi connectivity index (χ4v) is 1.83. The maximum atomic E-state index is 13.1. The molecule has 4 heteroatoms. The third-order valence-corrected chi connectivity index (χ3v) is 3.13. The number of halogens is 2. The van der Waals surface area contributed by atoms with Crippen LogP contribution in [0.4, 0.5) is 4.39 Å². The summed E-state index contributed by atoms with van der Waals surface area (Å²) < 4.78 is 18.6. The Morgan fingerprint density at radius 3 is 2.53 bits per heavy atom. The van der Waals surface area contributed by atoms with E-state index in [1.807, 2.05) is 0 Å². The van der Waals surface area contributed by atoms with Gasteiger partial charge in [0.25, 0.3) is 0 Å². The zero-order chi connectivity index (χ0) is 13.8. The average Bonchev–Trinajstić information content (AvgIpc) is 2.40. The molecule has 0 unspecified atom stereocenters. The van der Waals surface area contributed by atoms with Crippen LogP contribution in [0.1, 0.15) is 24.2 Å². The third kappa shape index (κ3) is 3.69. The molecule has 0 amide bonds. The molecule has 100 valence electrons. The highest BCUT2D eigenvalue weighted by molar-refractivity contribution is 6.31. The second-order valence-corrected chi connectivity index (χ2v) is 4.68. The highest BCUT2D eigenvalue weighted by Gasteiger charge is 2.04. The number of aliphatic hydroxyl groups excluding tert-OH is 1. The van der Waals surface area contributed by atoms with Crippen molar-refractivity contribution in [1.29, 1.82) is 0 Å². The molecule has 2 nitrogen and oxygen atoms in total. The first-order valence-electron chi connectivity index (χ1n) is 5.91. The summed E-state index contributed by atoms with van der Waals surface area (Å²) in [6, 6.07) is 11.3. The lowest BCUT2D eigenvalue weighted by Gasteiger charge is -2.09. The van der Waals surface area contributed by atoms with Crippen LogP contribution in [0, 0.1) is 5.82 Å². The Hall–Kier alpha value is -1.58. The lowest BCUT2D eigenvalue weighted by Crippen LogP contribution is -1.98. The van der Waals surface area contributed by atoms with Crippen LogP contribution in [0.25, 0.3) is 0 Å². The van der Waals surface area contributed by atoms with Crippen molar-refractivity contribution in [2.24, 2.45) is 0 Å². The van der Waals surface area contributed by atoms with Gasteiger partial charge in [0.2, 0.25) is 0 Å². The Kier molecular flexibility index (Phi) is 4.40. The molecule has 0 aliphatic carbocycles. The van der Waals surface area contributed by atoms with Crippen molar-refractivity contribution in [1.82, 2.24) is 0 Å². The standard InChI is InChI=1S/C15H14ClFO2/c1-10(18)11-2-5-14(6-3-11)19-9-12-8-13(17)4-7-15(12)16/h2-8,10,18H,9H2,1H3/t10-/m1/s1. The maximum Gasteiger partial charge on any atom is 0.123 e. The van der Waals surface area contributed by atoms with E-state index in [0.717, 1.165) is 5.56 Å². The molecule has 2 aromatic carbocycles. The predicted molar refractivity (Wildman–Crippen MR) is 72.8 cm³/mol. The van der Waals surface area contributed by atoms with Gasteiger partial charge in [0, 0.05) is 10.6 Å². The molecule has 0 heterocycles. The normalized spacial score (nSPS) is 12.2. The van der Waals surface area contributed by atoms with Crippen LogP contribution in [0.15, 0.2) is 42.5 Å². The zero-order valence-corrected chi connectivity index (χ0v) is 11.2. The minimum Gasteiger partial charge on any atom is -0.489 e. The van der Waals surface area contributed by atoms with Gasteiger partial charge in [0.05, 0.1) is 6.10 Å². The van der Waals surface area contributed by atoms with Gasteiger partial charge in [-0.15, -0.1) is 0 Å². The smallest absolute Gasteiger partial charge is 0.123 e. The molecule has 1 N–H and O–H groups in total. The van der Waals surface area contributed by atoms with E-state index in [-0.39, 0.29) is 12.4 Å². The van der Waals surface area contributed by atoms with Gasteiger partial charge in [0.15, 0.2) is 0 Å². The number of aliphatic hydroxyl groups is 1. The molecule has 0 spiro atoms. The molecule has 2 aromatic rings. The van der Waals surface area contributed by atoms with Gasteiger partial charge in [-0.3, -0.25) is 0 Å². The monoisotopic (exact) mass is 280 g/mol. The SMILES string of the molecule is C[C@@H](O)c1ccc(OCc2cc(F)ccc2Cl)cc1. The quantitative estimate of drug-likeness (QED) is 0.913. The summed E-state index contributed by atoms with van der Waals surface area (Å²) in [4.78, 5) is 0. The van der Waals surface area contributed by atoms with Crippen LogP contribution in [-0.4, -0.2) is 5.11 Å². The van der Waals surface area contributed by atoms with E-state index < -0.39 is 6.10 Å². The van der Waals surface area contributed by atoms with Gasteiger partial charge in [-0.25, -0.2) is 4.39 Å². The summed E-state index contributed by atoms with van der Waals surface area (Å²) in [5.74, 6) is 0.303. The molecule has 0 radical (unpaired) electrons. The van der Waals surface area contributed by atoms with Crippen molar-refractivity contribution in [2.45, 2.75) is 19.6 Å². The number of benzene rings is 2. The summed E-state index contributed by atoms with van der Waals surface area (Å²) in [6.07, 6.45) is -0.508. The summed E-state index contributed by atoms with van der Waals surface area (Å²) in [5.41, 5.74) is 1.41. The molecule has 2 rings (SSSR count). The van der Waals surface area contributed by atoms with Gasteiger partial charge >= 0.3 is 0 Å². The van der Waals surface area contributed by atoms with E-state index in [0.29, 0.717) is 16.3 Å². The molecule has 0 saturated heterocycles. The number of hydrogen-bond acceptors (Lipinski definition) is 2. The van der Waals surface area contributed by atoms with Crippen molar-refractivity contribution < 1.29 is 14.2 Å². The first-order valence-corrected chi connectivity index (χ1v) is 6.29. The summed E-state index contributed by atoms with van der Waals surface area (Å²) >= 11 is 5.95. The Labute approximate surface area is 116 Å². The Morgan fingerprint density at radius 1 is 1.21 bits per heavy atom. The lowest BCUT2D eigenvalue weighted by molar-refractivity contribution is 0.199.